The molecule has 0 fully saturated rings. The van der Waals surface area contributed by atoms with E-state index < -0.39 is 17.3 Å². The van der Waals surface area contributed by atoms with Gasteiger partial charge in [-0.1, -0.05) is 0 Å². The first-order chi connectivity index (χ1) is 8.31. The van der Waals surface area contributed by atoms with Crippen molar-refractivity contribution >= 4 is 23.6 Å². The zero-order chi connectivity index (χ0) is 13.9. The molecule has 0 radical (unpaired) electrons. The molecule has 0 aliphatic rings. The number of aliphatic imine (C=N–C) groups is 2. The lowest BCUT2D eigenvalue weighted by Crippen LogP contribution is -2.26. The lowest BCUT2D eigenvalue weighted by Gasteiger charge is -2.04. The second-order valence-corrected chi connectivity index (χ2v) is 3.45. The number of carboxylic acids is 1. The predicted molar refractivity (Wildman–Crippen MR) is 65.2 cm³/mol. The molecular formula is C10H12FN5O2. The highest BCUT2D eigenvalue weighted by molar-refractivity contribution is 5.98. The Morgan fingerprint density at radius 2 is 1.94 bits per heavy atom. The number of nitrogens with zero attached hydrogens (tertiary/aromatic N) is 2. The van der Waals surface area contributed by atoms with E-state index in [0.717, 1.165) is 6.07 Å². The normalized spacial score (nSPS) is 11.1. The van der Waals surface area contributed by atoms with Gasteiger partial charge in [0, 0.05) is 0 Å². The van der Waals surface area contributed by atoms with E-state index >= 15 is 0 Å². The van der Waals surface area contributed by atoms with E-state index in [1.165, 1.54) is 6.07 Å². The van der Waals surface area contributed by atoms with Crippen LogP contribution in [0.3, 0.4) is 0 Å². The first-order valence-electron chi connectivity index (χ1n) is 4.78. The number of halogens is 1. The third-order valence-corrected chi connectivity index (χ3v) is 1.91. The van der Waals surface area contributed by atoms with Crippen LogP contribution in [0.25, 0.3) is 0 Å². The molecule has 0 heterocycles. The molecule has 0 amide bonds. The van der Waals surface area contributed by atoms with Crippen molar-refractivity contribution in [2.45, 2.75) is 6.92 Å². The fourth-order valence-electron chi connectivity index (χ4n) is 1.30. The summed E-state index contributed by atoms with van der Waals surface area (Å²) in [5.74, 6) is -3.05. The van der Waals surface area contributed by atoms with Crippen molar-refractivity contribution < 1.29 is 14.3 Å². The number of aryl methyl sites for hydroxylation is 1. The van der Waals surface area contributed by atoms with E-state index in [9.17, 15) is 9.18 Å². The van der Waals surface area contributed by atoms with E-state index in [0.29, 0.717) is 5.56 Å². The topological polar surface area (TPSA) is 140 Å². The molecule has 0 aromatic heterocycles. The zero-order valence-corrected chi connectivity index (χ0v) is 9.51. The number of carboxylic acid groups (broad SMARTS) is 1. The quantitative estimate of drug-likeness (QED) is 0.435. The molecule has 0 spiro atoms. The first-order valence-corrected chi connectivity index (χ1v) is 4.78. The summed E-state index contributed by atoms with van der Waals surface area (Å²) < 4.78 is 13.5. The molecule has 0 saturated heterocycles. The largest absolute Gasteiger partial charge is 0.478 e. The Hall–Kier alpha value is -2.64. The summed E-state index contributed by atoms with van der Waals surface area (Å²) in [6.07, 6.45) is 0. The second kappa shape index (κ2) is 5.13. The first kappa shape index (κ1) is 13.4. The van der Waals surface area contributed by atoms with Crippen molar-refractivity contribution in [1.82, 2.24) is 0 Å². The average molecular weight is 253 g/mol. The van der Waals surface area contributed by atoms with E-state index in [4.69, 9.17) is 22.3 Å². The summed E-state index contributed by atoms with van der Waals surface area (Å²) >= 11 is 0. The van der Waals surface area contributed by atoms with Gasteiger partial charge >= 0.3 is 5.97 Å². The molecule has 0 bridgehead atoms. The summed E-state index contributed by atoms with van der Waals surface area (Å²) in [7, 11) is 0. The van der Waals surface area contributed by atoms with Gasteiger partial charge in [0.25, 0.3) is 0 Å². The third-order valence-electron chi connectivity index (χ3n) is 1.91. The number of rotatable bonds is 2. The van der Waals surface area contributed by atoms with Crippen LogP contribution in [0.1, 0.15) is 15.9 Å². The third kappa shape index (κ3) is 3.17. The highest BCUT2D eigenvalue weighted by Gasteiger charge is 2.16. The molecule has 1 rings (SSSR count). The number of benzene rings is 1. The molecule has 1 aromatic rings. The number of hydrogen-bond acceptors (Lipinski definition) is 2. The molecule has 0 atom stereocenters. The van der Waals surface area contributed by atoms with Gasteiger partial charge in [0.15, 0.2) is 5.96 Å². The van der Waals surface area contributed by atoms with Crippen LogP contribution in [-0.2, 0) is 0 Å². The average Bonchev–Trinajstić information content (AvgIpc) is 2.12. The Morgan fingerprint density at radius 1 is 1.33 bits per heavy atom. The van der Waals surface area contributed by atoms with Crippen molar-refractivity contribution in [3.8, 4) is 0 Å². The van der Waals surface area contributed by atoms with Gasteiger partial charge in [-0.05, 0) is 24.6 Å². The van der Waals surface area contributed by atoms with Crippen molar-refractivity contribution in [2.24, 2.45) is 27.2 Å². The van der Waals surface area contributed by atoms with E-state index in [2.05, 4.69) is 9.98 Å². The molecule has 96 valence electrons. The maximum atomic E-state index is 13.5. The van der Waals surface area contributed by atoms with Gasteiger partial charge in [-0.3, -0.25) is 0 Å². The van der Waals surface area contributed by atoms with Gasteiger partial charge in [-0.15, -0.1) is 0 Å². The predicted octanol–water partition coefficient (Wildman–Crippen LogP) is 0.0519. The number of aromatic carboxylic acids is 1. The molecule has 0 aliphatic carbocycles. The monoisotopic (exact) mass is 253 g/mol. The molecule has 0 aliphatic heterocycles. The van der Waals surface area contributed by atoms with Crippen LogP contribution < -0.4 is 17.2 Å². The van der Waals surface area contributed by atoms with E-state index in [1.807, 2.05) is 0 Å². The highest BCUT2D eigenvalue weighted by atomic mass is 19.1. The second-order valence-electron chi connectivity index (χ2n) is 3.45. The Bertz CT molecular complexity index is 549. The number of hydrogen-bond donors (Lipinski definition) is 4. The minimum Gasteiger partial charge on any atom is -0.478 e. The molecule has 8 heteroatoms. The summed E-state index contributed by atoms with van der Waals surface area (Å²) in [5, 5.41) is 8.90. The summed E-state index contributed by atoms with van der Waals surface area (Å²) in [6.45, 7) is 1.59. The van der Waals surface area contributed by atoms with Crippen LogP contribution in [0.5, 0.6) is 0 Å². The van der Waals surface area contributed by atoms with Crippen molar-refractivity contribution in [1.29, 1.82) is 0 Å². The van der Waals surface area contributed by atoms with E-state index in [-0.39, 0.29) is 17.6 Å². The molecule has 0 saturated carbocycles. The van der Waals surface area contributed by atoms with Gasteiger partial charge in [-0.2, -0.15) is 4.99 Å². The van der Waals surface area contributed by atoms with Crippen molar-refractivity contribution in [2.75, 3.05) is 0 Å². The lowest BCUT2D eigenvalue weighted by molar-refractivity contribution is 0.0693. The minimum absolute atomic E-state index is 0.150. The summed E-state index contributed by atoms with van der Waals surface area (Å²) in [6, 6.07) is 2.45. The zero-order valence-electron chi connectivity index (χ0n) is 9.51. The summed E-state index contributed by atoms with van der Waals surface area (Å²) in [4.78, 5) is 18.0. The Morgan fingerprint density at radius 3 is 2.44 bits per heavy atom. The fourth-order valence-corrected chi connectivity index (χ4v) is 1.30. The van der Waals surface area contributed by atoms with Gasteiger partial charge in [0.2, 0.25) is 5.96 Å². The highest BCUT2D eigenvalue weighted by Crippen LogP contribution is 2.24. The van der Waals surface area contributed by atoms with Gasteiger partial charge in [0.1, 0.15) is 11.4 Å². The SMILES string of the molecule is Cc1cc(F)c(C(=O)O)c(N=C(N)N=C(N)N)c1. The molecular weight excluding hydrogens is 241 g/mol. The van der Waals surface area contributed by atoms with Gasteiger partial charge < -0.3 is 22.3 Å². The Labute approximate surface area is 102 Å². The van der Waals surface area contributed by atoms with Gasteiger partial charge in [0.05, 0.1) is 5.69 Å². The Kier molecular flexibility index (Phi) is 3.82. The number of carbonyl (C=O) groups is 1. The van der Waals surface area contributed by atoms with Crippen molar-refractivity contribution in [3.63, 3.8) is 0 Å². The standard InChI is InChI=1S/C10H12FN5O2/c1-4-2-5(11)7(8(17)18)6(3-4)15-10(14)16-9(12)13/h2-3H,1H3,(H,17,18)(H6,12,13,14,15,16). The molecule has 0 unspecified atom stereocenters. The summed E-state index contributed by atoms with van der Waals surface area (Å²) in [5.41, 5.74) is 15.3. The van der Waals surface area contributed by atoms with Gasteiger partial charge in [-0.25, -0.2) is 14.2 Å². The lowest BCUT2D eigenvalue weighted by atomic mass is 10.1. The molecule has 18 heavy (non-hydrogen) atoms. The maximum Gasteiger partial charge on any atom is 0.340 e. The van der Waals surface area contributed by atoms with Crippen LogP contribution >= 0.6 is 0 Å². The van der Waals surface area contributed by atoms with Crippen LogP contribution in [0.4, 0.5) is 10.1 Å². The maximum absolute atomic E-state index is 13.5. The molecule has 7 nitrogen and oxygen atoms in total. The fraction of sp³-hybridized carbons (Fsp3) is 0.100. The van der Waals surface area contributed by atoms with Crippen LogP contribution in [0.2, 0.25) is 0 Å². The van der Waals surface area contributed by atoms with E-state index in [1.54, 1.807) is 6.92 Å². The smallest absolute Gasteiger partial charge is 0.340 e. The van der Waals surface area contributed by atoms with Crippen LogP contribution in [-0.4, -0.2) is 23.0 Å². The number of guanidine groups is 2. The minimum atomic E-state index is -1.45. The number of nitrogens with two attached hydrogens (primary N) is 3. The Balaban J connectivity index is 3.40. The molecule has 7 N–H and O–H groups in total. The molecule has 1 aromatic carbocycles. The van der Waals surface area contributed by atoms with Crippen LogP contribution in [0, 0.1) is 12.7 Å². The van der Waals surface area contributed by atoms with Crippen molar-refractivity contribution in [3.05, 3.63) is 29.1 Å². The van der Waals surface area contributed by atoms with Crippen LogP contribution in [0.15, 0.2) is 22.1 Å².